The monoisotopic (exact) mass is 273 g/mol. The normalized spacial score (nSPS) is 11.3. The SMILES string of the molecule is CCC(N)(CC)C(=O)Nc1ccccc1-n1cncn1. The Balaban J connectivity index is 2.29. The first kappa shape index (κ1) is 14.2. The van der Waals surface area contributed by atoms with Gasteiger partial charge < -0.3 is 11.1 Å². The first-order chi connectivity index (χ1) is 9.60. The molecule has 3 N–H and O–H groups in total. The van der Waals surface area contributed by atoms with Crippen LogP contribution in [0.4, 0.5) is 5.69 Å². The van der Waals surface area contributed by atoms with Crippen molar-refractivity contribution in [2.75, 3.05) is 5.32 Å². The van der Waals surface area contributed by atoms with E-state index in [1.807, 2.05) is 38.1 Å². The summed E-state index contributed by atoms with van der Waals surface area (Å²) in [5.41, 5.74) is 6.68. The van der Waals surface area contributed by atoms with Crippen LogP contribution in [0, 0.1) is 0 Å². The molecular formula is C14H19N5O. The van der Waals surface area contributed by atoms with Gasteiger partial charge in [0.2, 0.25) is 5.91 Å². The van der Waals surface area contributed by atoms with Crippen molar-refractivity contribution in [2.24, 2.45) is 5.73 Å². The lowest BCUT2D eigenvalue weighted by Crippen LogP contribution is -2.50. The number of rotatable bonds is 5. The van der Waals surface area contributed by atoms with Crippen molar-refractivity contribution in [3.63, 3.8) is 0 Å². The summed E-state index contributed by atoms with van der Waals surface area (Å²) in [5.74, 6) is -0.185. The summed E-state index contributed by atoms with van der Waals surface area (Å²) in [7, 11) is 0. The first-order valence-corrected chi connectivity index (χ1v) is 6.65. The van der Waals surface area contributed by atoms with Crippen LogP contribution in [-0.4, -0.2) is 26.2 Å². The van der Waals surface area contributed by atoms with Gasteiger partial charge in [0.05, 0.1) is 16.9 Å². The predicted molar refractivity (Wildman–Crippen MR) is 77.5 cm³/mol. The van der Waals surface area contributed by atoms with E-state index in [0.29, 0.717) is 18.5 Å². The zero-order valence-corrected chi connectivity index (χ0v) is 11.7. The lowest BCUT2D eigenvalue weighted by molar-refractivity contribution is -0.121. The summed E-state index contributed by atoms with van der Waals surface area (Å²) in [6.45, 7) is 3.82. The van der Waals surface area contributed by atoms with Gasteiger partial charge in [-0.2, -0.15) is 5.10 Å². The Labute approximate surface area is 118 Å². The average molecular weight is 273 g/mol. The van der Waals surface area contributed by atoms with E-state index in [1.165, 1.54) is 6.33 Å². The average Bonchev–Trinajstić information content (AvgIpc) is 3.01. The van der Waals surface area contributed by atoms with Crippen LogP contribution in [0.25, 0.3) is 5.69 Å². The molecule has 0 aliphatic carbocycles. The molecule has 0 bridgehead atoms. The second-order valence-corrected chi connectivity index (χ2v) is 4.67. The lowest BCUT2D eigenvalue weighted by atomic mass is 9.93. The van der Waals surface area contributed by atoms with Gasteiger partial charge in [-0.3, -0.25) is 4.79 Å². The van der Waals surface area contributed by atoms with Crippen molar-refractivity contribution in [3.05, 3.63) is 36.9 Å². The van der Waals surface area contributed by atoms with E-state index in [0.717, 1.165) is 5.69 Å². The molecule has 20 heavy (non-hydrogen) atoms. The van der Waals surface area contributed by atoms with Crippen molar-refractivity contribution in [1.29, 1.82) is 0 Å². The minimum absolute atomic E-state index is 0.185. The largest absolute Gasteiger partial charge is 0.323 e. The number of para-hydroxylation sites is 2. The van der Waals surface area contributed by atoms with E-state index in [1.54, 1.807) is 11.0 Å². The van der Waals surface area contributed by atoms with Gasteiger partial charge in [-0.25, -0.2) is 9.67 Å². The molecule has 0 unspecified atom stereocenters. The van der Waals surface area contributed by atoms with Gasteiger partial charge in [-0.05, 0) is 25.0 Å². The maximum Gasteiger partial charge on any atom is 0.244 e. The van der Waals surface area contributed by atoms with Crippen molar-refractivity contribution in [1.82, 2.24) is 14.8 Å². The maximum absolute atomic E-state index is 12.3. The smallest absolute Gasteiger partial charge is 0.244 e. The first-order valence-electron chi connectivity index (χ1n) is 6.65. The number of carbonyl (C=O) groups is 1. The van der Waals surface area contributed by atoms with E-state index < -0.39 is 5.54 Å². The molecule has 1 aromatic carbocycles. The third kappa shape index (κ3) is 2.70. The fourth-order valence-electron chi connectivity index (χ4n) is 1.93. The lowest BCUT2D eigenvalue weighted by Gasteiger charge is -2.25. The number of amides is 1. The molecule has 6 heteroatoms. The van der Waals surface area contributed by atoms with Gasteiger partial charge in [-0.15, -0.1) is 0 Å². The molecule has 0 aliphatic rings. The van der Waals surface area contributed by atoms with Crippen molar-refractivity contribution in [2.45, 2.75) is 32.2 Å². The van der Waals surface area contributed by atoms with Crippen molar-refractivity contribution in [3.8, 4) is 5.69 Å². The second kappa shape index (κ2) is 5.83. The molecule has 0 aliphatic heterocycles. The van der Waals surface area contributed by atoms with Gasteiger partial charge in [0.25, 0.3) is 0 Å². The van der Waals surface area contributed by atoms with E-state index in [9.17, 15) is 4.79 Å². The van der Waals surface area contributed by atoms with Gasteiger partial charge in [0.15, 0.2) is 0 Å². The molecule has 1 aromatic heterocycles. The third-order valence-electron chi connectivity index (χ3n) is 3.53. The fraction of sp³-hybridized carbons (Fsp3) is 0.357. The van der Waals surface area contributed by atoms with Crippen LogP contribution in [0.5, 0.6) is 0 Å². The van der Waals surface area contributed by atoms with Crippen LogP contribution in [0.3, 0.4) is 0 Å². The van der Waals surface area contributed by atoms with Crippen molar-refractivity contribution < 1.29 is 4.79 Å². The van der Waals surface area contributed by atoms with Crippen LogP contribution >= 0.6 is 0 Å². The summed E-state index contributed by atoms with van der Waals surface area (Å²) in [4.78, 5) is 16.3. The maximum atomic E-state index is 12.3. The minimum Gasteiger partial charge on any atom is -0.323 e. The van der Waals surface area contributed by atoms with Gasteiger partial charge in [-0.1, -0.05) is 26.0 Å². The molecule has 0 fully saturated rings. The third-order valence-corrected chi connectivity index (χ3v) is 3.53. The number of aromatic nitrogens is 3. The number of nitrogens with one attached hydrogen (secondary N) is 1. The van der Waals surface area contributed by atoms with Gasteiger partial charge in [0, 0.05) is 0 Å². The molecule has 2 rings (SSSR count). The Morgan fingerprint density at radius 3 is 2.65 bits per heavy atom. The Morgan fingerprint density at radius 1 is 1.35 bits per heavy atom. The summed E-state index contributed by atoms with van der Waals surface area (Å²) in [5, 5.41) is 6.97. The topological polar surface area (TPSA) is 85.8 Å². The summed E-state index contributed by atoms with van der Waals surface area (Å²) in [6.07, 6.45) is 4.20. The number of nitrogens with zero attached hydrogens (tertiary/aromatic N) is 3. The number of nitrogens with two attached hydrogens (primary N) is 1. The van der Waals surface area contributed by atoms with Crippen LogP contribution in [0.1, 0.15) is 26.7 Å². The van der Waals surface area contributed by atoms with Gasteiger partial charge >= 0.3 is 0 Å². The summed E-state index contributed by atoms with van der Waals surface area (Å²) in [6, 6.07) is 7.41. The zero-order valence-electron chi connectivity index (χ0n) is 11.7. The zero-order chi connectivity index (χ0) is 14.6. The Kier molecular flexibility index (Phi) is 4.14. The molecule has 0 saturated carbocycles. The molecule has 6 nitrogen and oxygen atoms in total. The quantitative estimate of drug-likeness (QED) is 0.868. The molecule has 1 amide bonds. The highest BCUT2D eigenvalue weighted by atomic mass is 16.2. The van der Waals surface area contributed by atoms with E-state index in [-0.39, 0.29) is 5.91 Å². The minimum atomic E-state index is -0.852. The molecule has 1 heterocycles. The highest BCUT2D eigenvalue weighted by Gasteiger charge is 2.30. The van der Waals surface area contributed by atoms with Crippen molar-refractivity contribution >= 4 is 11.6 Å². The molecule has 0 spiro atoms. The van der Waals surface area contributed by atoms with Crippen LogP contribution < -0.4 is 11.1 Å². The molecule has 106 valence electrons. The summed E-state index contributed by atoms with van der Waals surface area (Å²) < 4.78 is 1.60. The second-order valence-electron chi connectivity index (χ2n) is 4.67. The van der Waals surface area contributed by atoms with Gasteiger partial charge in [0.1, 0.15) is 12.7 Å². The Bertz CT molecular complexity index is 575. The molecule has 0 saturated heterocycles. The standard InChI is InChI=1S/C14H19N5O/c1-3-14(15,4-2)13(20)18-11-7-5-6-8-12(11)19-10-16-9-17-19/h5-10H,3-4,15H2,1-2H3,(H,18,20). The molecule has 0 radical (unpaired) electrons. The number of hydrogen-bond donors (Lipinski definition) is 2. The predicted octanol–water partition coefficient (Wildman–Crippen LogP) is 1.72. The molecular weight excluding hydrogens is 254 g/mol. The highest BCUT2D eigenvalue weighted by Crippen LogP contribution is 2.21. The highest BCUT2D eigenvalue weighted by molar-refractivity contribution is 5.99. The number of carbonyl (C=O) groups excluding carboxylic acids is 1. The van der Waals surface area contributed by atoms with E-state index in [4.69, 9.17) is 5.73 Å². The van der Waals surface area contributed by atoms with E-state index >= 15 is 0 Å². The Morgan fingerprint density at radius 2 is 2.05 bits per heavy atom. The molecule has 0 atom stereocenters. The van der Waals surface area contributed by atoms with Crippen LogP contribution in [-0.2, 0) is 4.79 Å². The number of hydrogen-bond acceptors (Lipinski definition) is 4. The summed E-state index contributed by atoms with van der Waals surface area (Å²) >= 11 is 0. The van der Waals surface area contributed by atoms with Crippen LogP contribution in [0.15, 0.2) is 36.9 Å². The number of anilines is 1. The van der Waals surface area contributed by atoms with E-state index in [2.05, 4.69) is 15.4 Å². The van der Waals surface area contributed by atoms with Crippen LogP contribution in [0.2, 0.25) is 0 Å². The number of benzene rings is 1. The molecule has 2 aromatic rings. The Hall–Kier alpha value is -2.21. The fourth-order valence-corrected chi connectivity index (χ4v) is 1.93.